The summed E-state index contributed by atoms with van der Waals surface area (Å²) in [6.07, 6.45) is 7.09. The van der Waals surface area contributed by atoms with Gasteiger partial charge in [-0.25, -0.2) is 4.79 Å². The average Bonchev–Trinajstić information content (AvgIpc) is 2.94. The van der Waals surface area contributed by atoms with Crippen LogP contribution in [0.1, 0.15) is 44.1 Å². The van der Waals surface area contributed by atoms with Gasteiger partial charge in [-0.15, -0.1) is 0 Å². The van der Waals surface area contributed by atoms with Crippen LogP contribution in [0.3, 0.4) is 0 Å². The molecule has 0 bridgehead atoms. The highest BCUT2D eigenvalue weighted by Crippen LogP contribution is 2.23. The van der Waals surface area contributed by atoms with Gasteiger partial charge < -0.3 is 20.3 Å². The highest BCUT2D eigenvalue weighted by atomic mass is 16.5. The molecule has 1 aliphatic carbocycles. The van der Waals surface area contributed by atoms with Gasteiger partial charge >= 0.3 is 6.03 Å². The number of urea groups is 1. The molecule has 6 heteroatoms. The van der Waals surface area contributed by atoms with Crippen LogP contribution in [0.4, 0.5) is 4.79 Å². The number of nitrogens with one attached hydrogen (secondary N) is 2. The molecule has 2 fully saturated rings. The molecule has 6 nitrogen and oxygen atoms in total. The first-order chi connectivity index (χ1) is 12.1. The van der Waals surface area contributed by atoms with Gasteiger partial charge in [-0.3, -0.25) is 4.79 Å². The second-order valence-corrected chi connectivity index (χ2v) is 6.95. The van der Waals surface area contributed by atoms with E-state index in [1.807, 2.05) is 24.3 Å². The average molecular weight is 345 g/mol. The molecular formula is C19H27N3O3. The SMILES string of the molecule is CN1CCC(NC(=O)NCc2ccc(OC3CCCCC3)cc2)C1=O. The van der Waals surface area contributed by atoms with E-state index in [2.05, 4.69) is 10.6 Å². The lowest BCUT2D eigenvalue weighted by Gasteiger charge is -2.23. The topological polar surface area (TPSA) is 70.7 Å². The monoisotopic (exact) mass is 345 g/mol. The van der Waals surface area contributed by atoms with Crippen molar-refractivity contribution in [3.63, 3.8) is 0 Å². The van der Waals surface area contributed by atoms with Crippen molar-refractivity contribution in [3.05, 3.63) is 29.8 Å². The highest BCUT2D eigenvalue weighted by molar-refractivity contribution is 5.88. The zero-order valence-electron chi connectivity index (χ0n) is 14.8. The number of benzene rings is 1. The zero-order chi connectivity index (χ0) is 17.6. The van der Waals surface area contributed by atoms with Crippen LogP contribution in [0.5, 0.6) is 5.75 Å². The molecule has 1 aromatic carbocycles. The molecule has 1 atom stereocenters. The zero-order valence-corrected chi connectivity index (χ0v) is 14.8. The van der Waals surface area contributed by atoms with Gasteiger partial charge in [-0.1, -0.05) is 18.6 Å². The largest absolute Gasteiger partial charge is 0.490 e. The molecule has 2 N–H and O–H groups in total. The van der Waals surface area contributed by atoms with Crippen LogP contribution >= 0.6 is 0 Å². The lowest BCUT2D eigenvalue weighted by molar-refractivity contribution is -0.128. The Labute approximate surface area is 148 Å². The summed E-state index contributed by atoms with van der Waals surface area (Å²) in [4.78, 5) is 25.4. The van der Waals surface area contributed by atoms with E-state index in [4.69, 9.17) is 4.74 Å². The van der Waals surface area contributed by atoms with Crippen LogP contribution in [-0.4, -0.2) is 42.6 Å². The van der Waals surface area contributed by atoms with E-state index in [1.165, 1.54) is 19.3 Å². The van der Waals surface area contributed by atoms with E-state index in [-0.39, 0.29) is 11.9 Å². The maximum atomic E-state index is 11.9. The van der Waals surface area contributed by atoms with Gasteiger partial charge in [0.1, 0.15) is 11.8 Å². The van der Waals surface area contributed by atoms with E-state index >= 15 is 0 Å². The standard InChI is InChI=1S/C19H27N3O3/c1-22-12-11-17(18(22)23)21-19(24)20-13-14-7-9-16(10-8-14)25-15-5-3-2-4-6-15/h7-10,15,17H,2-6,11-13H2,1H3,(H2,20,21,24). The number of likely N-dealkylation sites (tertiary alicyclic amines) is 1. The van der Waals surface area contributed by atoms with Crippen LogP contribution in [0.15, 0.2) is 24.3 Å². The van der Waals surface area contributed by atoms with Crippen molar-refractivity contribution >= 4 is 11.9 Å². The van der Waals surface area contributed by atoms with Gasteiger partial charge in [0.2, 0.25) is 5.91 Å². The summed E-state index contributed by atoms with van der Waals surface area (Å²) in [6, 6.07) is 7.13. The third kappa shape index (κ3) is 4.87. The summed E-state index contributed by atoms with van der Waals surface area (Å²) in [5.41, 5.74) is 1.00. The number of hydrogen-bond donors (Lipinski definition) is 2. The minimum Gasteiger partial charge on any atom is -0.490 e. The molecule has 1 unspecified atom stereocenters. The molecule has 1 aliphatic heterocycles. The predicted octanol–water partition coefficient (Wildman–Crippen LogP) is 2.43. The van der Waals surface area contributed by atoms with E-state index in [9.17, 15) is 9.59 Å². The van der Waals surface area contributed by atoms with Crippen molar-refractivity contribution in [2.45, 2.75) is 57.2 Å². The number of amides is 3. The van der Waals surface area contributed by atoms with E-state index in [1.54, 1.807) is 11.9 Å². The number of hydrogen-bond acceptors (Lipinski definition) is 3. The van der Waals surface area contributed by atoms with Gasteiger partial charge in [-0.05, 0) is 49.8 Å². The number of carbonyl (C=O) groups excluding carboxylic acids is 2. The Balaban J connectivity index is 1.42. The first kappa shape index (κ1) is 17.6. The van der Waals surface area contributed by atoms with Gasteiger partial charge in [0.25, 0.3) is 0 Å². The quantitative estimate of drug-likeness (QED) is 0.861. The molecule has 1 heterocycles. The number of nitrogens with zero attached hydrogens (tertiary/aromatic N) is 1. The second kappa shape index (κ2) is 8.23. The van der Waals surface area contributed by atoms with Crippen molar-refractivity contribution in [3.8, 4) is 5.75 Å². The Kier molecular flexibility index (Phi) is 5.79. The lowest BCUT2D eigenvalue weighted by Crippen LogP contribution is -2.45. The molecule has 3 amide bonds. The first-order valence-corrected chi connectivity index (χ1v) is 9.17. The normalized spacial score (nSPS) is 21.2. The fourth-order valence-corrected chi connectivity index (χ4v) is 3.41. The van der Waals surface area contributed by atoms with Crippen molar-refractivity contribution in [1.29, 1.82) is 0 Å². The van der Waals surface area contributed by atoms with Crippen molar-refractivity contribution in [2.75, 3.05) is 13.6 Å². The summed E-state index contributed by atoms with van der Waals surface area (Å²) in [5, 5.41) is 5.53. The molecule has 1 saturated carbocycles. The van der Waals surface area contributed by atoms with Crippen molar-refractivity contribution in [1.82, 2.24) is 15.5 Å². The maximum Gasteiger partial charge on any atom is 0.315 e. The Morgan fingerprint density at radius 2 is 1.88 bits per heavy atom. The second-order valence-electron chi connectivity index (χ2n) is 6.95. The van der Waals surface area contributed by atoms with Gasteiger partial charge in [0.15, 0.2) is 0 Å². The Morgan fingerprint density at radius 3 is 2.52 bits per heavy atom. The molecule has 2 aliphatic rings. The number of carbonyl (C=O) groups is 2. The van der Waals surface area contributed by atoms with Crippen LogP contribution in [0, 0.1) is 0 Å². The van der Waals surface area contributed by atoms with E-state index < -0.39 is 6.04 Å². The van der Waals surface area contributed by atoms with Crippen molar-refractivity contribution in [2.24, 2.45) is 0 Å². The number of ether oxygens (including phenoxy) is 1. The van der Waals surface area contributed by atoms with E-state index in [0.29, 0.717) is 25.6 Å². The minimum absolute atomic E-state index is 0.0284. The number of likely N-dealkylation sites (N-methyl/N-ethyl adjacent to an activating group) is 1. The van der Waals surface area contributed by atoms with Crippen LogP contribution in [0.2, 0.25) is 0 Å². The Morgan fingerprint density at radius 1 is 1.16 bits per heavy atom. The third-order valence-corrected chi connectivity index (χ3v) is 4.96. The van der Waals surface area contributed by atoms with Gasteiger partial charge in [-0.2, -0.15) is 0 Å². The summed E-state index contributed by atoms with van der Waals surface area (Å²) in [6.45, 7) is 1.11. The molecule has 1 saturated heterocycles. The van der Waals surface area contributed by atoms with Crippen LogP contribution in [-0.2, 0) is 11.3 Å². The fourth-order valence-electron chi connectivity index (χ4n) is 3.41. The molecule has 1 aromatic rings. The van der Waals surface area contributed by atoms with E-state index in [0.717, 1.165) is 24.2 Å². The minimum atomic E-state index is -0.406. The summed E-state index contributed by atoms with van der Waals surface area (Å²) < 4.78 is 6.00. The van der Waals surface area contributed by atoms with Crippen molar-refractivity contribution < 1.29 is 14.3 Å². The molecule has 3 rings (SSSR count). The summed E-state index contributed by atoms with van der Waals surface area (Å²) in [5.74, 6) is 0.860. The van der Waals surface area contributed by atoms with Gasteiger partial charge in [0.05, 0.1) is 6.10 Å². The maximum absolute atomic E-state index is 11.9. The summed E-state index contributed by atoms with van der Waals surface area (Å²) in [7, 11) is 1.75. The van der Waals surface area contributed by atoms with Gasteiger partial charge in [0, 0.05) is 20.1 Å². The fraction of sp³-hybridized carbons (Fsp3) is 0.579. The Hall–Kier alpha value is -2.24. The molecule has 0 radical (unpaired) electrons. The van der Waals surface area contributed by atoms with Crippen LogP contribution < -0.4 is 15.4 Å². The predicted molar refractivity (Wildman–Crippen MR) is 95.4 cm³/mol. The summed E-state index contributed by atoms with van der Waals surface area (Å²) >= 11 is 0. The Bertz CT molecular complexity index is 596. The third-order valence-electron chi connectivity index (χ3n) is 4.96. The first-order valence-electron chi connectivity index (χ1n) is 9.17. The molecule has 0 aromatic heterocycles. The highest BCUT2D eigenvalue weighted by Gasteiger charge is 2.30. The molecule has 25 heavy (non-hydrogen) atoms. The smallest absolute Gasteiger partial charge is 0.315 e. The molecule has 0 spiro atoms. The van der Waals surface area contributed by atoms with Crippen LogP contribution in [0.25, 0.3) is 0 Å². The molecular weight excluding hydrogens is 318 g/mol. The number of rotatable bonds is 5. The lowest BCUT2D eigenvalue weighted by atomic mass is 9.98. The molecule has 136 valence electrons.